The van der Waals surface area contributed by atoms with Crippen LogP contribution in [0.25, 0.3) is 0 Å². The molecule has 0 spiro atoms. The number of benzene rings is 2. The van der Waals surface area contributed by atoms with Gasteiger partial charge < -0.3 is 15.4 Å². The average Bonchev–Trinajstić information content (AvgIpc) is 2.74. The molecule has 0 heterocycles. The molecule has 0 bridgehead atoms. The molecule has 2 N–H and O–H groups in total. The molecule has 0 aliphatic carbocycles. The van der Waals surface area contributed by atoms with Gasteiger partial charge in [0.05, 0.1) is 17.1 Å². The Kier molecular flexibility index (Phi) is 9.16. The number of hydrogen-bond donors (Lipinski definition) is 2. The summed E-state index contributed by atoms with van der Waals surface area (Å²) in [5.41, 5.74) is 0.588. The molecule has 2 aromatic carbocycles. The molecule has 0 aliphatic heterocycles. The van der Waals surface area contributed by atoms with Gasteiger partial charge in [-0.15, -0.1) is 11.8 Å². The van der Waals surface area contributed by atoms with Gasteiger partial charge in [-0.05, 0) is 36.6 Å². The quantitative estimate of drug-likeness (QED) is 0.333. The molecule has 2 amide bonds. The lowest BCUT2D eigenvalue weighted by molar-refractivity contribution is -0.142. The number of thioether (sulfide) groups is 1. The van der Waals surface area contributed by atoms with Crippen LogP contribution in [0.3, 0.4) is 0 Å². The van der Waals surface area contributed by atoms with Crippen LogP contribution in [0.1, 0.15) is 20.7 Å². The fourth-order valence-electron chi connectivity index (χ4n) is 2.22. The third-order valence-electron chi connectivity index (χ3n) is 3.79. The molecule has 2 rings (SSSR count). The molecule has 7 nitrogen and oxygen atoms in total. The predicted octanol–water partition coefficient (Wildman–Crippen LogP) is 2.99. The number of Topliss-reactive ketones (excluding diaryl/α,β-unsaturated/α-hetero) is 1. The van der Waals surface area contributed by atoms with E-state index in [-0.39, 0.29) is 22.9 Å². The maximum absolute atomic E-state index is 12.0. The van der Waals surface area contributed by atoms with Crippen molar-refractivity contribution in [3.8, 4) is 0 Å². The van der Waals surface area contributed by atoms with E-state index in [9.17, 15) is 19.2 Å². The SMILES string of the molecule is CSc1ccc(C(=O)COC(=O)CNC(=O)CNC(=O)c2ccc(Cl)cc2Cl)cc1. The third-order valence-corrected chi connectivity index (χ3v) is 5.08. The second-order valence-corrected chi connectivity index (χ2v) is 7.62. The first kappa shape index (κ1) is 23.7. The van der Waals surface area contributed by atoms with Gasteiger partial charge >= 0.3 is 5.97 Å². The molecule has 2 aromatic rings. The first-order chi connectivity index (χ1) is 14.3. The van der Waals surface area contributed by atoms with Crippen molar-refractivity contribution in [3.05, 3.63) is 63.6 Å². The van der Waals surface area contributed by atoms with E-state index in [1.165, 1.54) is 18.2 Å². The van der Waals surface area contributed by atoms with Gasteiger partial charge in [0.2, 0.25) is 5.91 Å². The van der Waals surface area contributed by atoms with Crippen molar-refractivity contribution in [1.29, 1.82) is 0 Å². The zero-order valence-electron chi connectivity index (χ0n) is 15.9. The normalized spacial score (nSPS) is 10.2. The molecule has 0 unspecified atom stereocenters. The summed E-state index contributed by atoms with van der Waals surface area (Å²) < 4.78 is 4.86. The van der Waals surface area contributed by atoms with Crippen molar-refractivity contribution in [1.82, 2.24) is 10.6 Å². The second-order valence-electron chi connectivity index (χ2n) is 5.90. The van der Waals surface area contributed by atoms with Crippen molar-refractivity contribution in [2.75, 3.05) is 26.0 Å². The van der Waals surface area contributed by atoms with Gasteiger partial charge in [0.15, 0.2) is 12.4 Å². The van der Waals surface area contributed by atoms with E-state index in [4.69, 9.17) is 27.9 Å². The smallest absolute Gasteiger partial charge is 0.325 e. The molecule has 10 heteroatoms. The number of carbonyl (C=O) groups excluding carboxylic acids is 4. The average molecular weight is 469 g/mol. The maximum Gasteiger partial charge on any atom is 0.325 e. The molecule has 158 valence electrons. The number of carbonyl (C=O) groups is 4. The lowest BCUT2D eigenvalue weighted by Crippen LogP contribution is -2.39. The van der Waals surface area contributed by atoms with E-state index in [1.807, 2.05) is 6.26 Å². The summed E-state index contributed by atoms with van der Waals surface area (Å²) >= 11 is 13.2. The molecular formula is C20H18Cl2N2O5S. The molecule has 0 radical (unpaired) electrons. The Morgan fingerprint density at radius 3 is 2.30 bits per heavy atom. The number of ketones is 1. The highest BCUT2D eigenvalue weighted by molar-refractivity contribution is 7.98. The monoisotopic (exact) mass is 468 g/mol. The van der Waals surface area contributed by atoms with Crippen molar-refractivity contribution in [2.45, 2.75) is 4.90 Å². The van der Waals surface area contributed by atoms with Crippen LogP contribution in [0.4, 0.5) is 0 Å². The predicted molar refractivity (Wildman–Crippen MR) is 115 cm³/mol. The van der Waals surface area contributed by atoms with Crippen LogP contribution in [-0.2, 0) is 14.3 Å². The van der Waals surface area contributed by atoms with Crippen LogP contribution in [0.5, 0.6) is 0 Å². The van der Waals surface area contributed by atoms with E-state index in [0.717, 1.165) is 4.90 Å². The molecule has 30 heavy (non-hydrogen) atoms. The van der Waals surface area contributed by atoms with Crippen LogP contribution in [-0.4, -0.2) is 49.5 Å². The number of halogens is 2. The van der Waals surface area contributed by atoms with Crippen LogP contribution in [0, 0.1) is 0 Å². The Balaban J connectivity index is 1.70. The first-order valence-corrected chi connectivity index (χ1v) is 10.6. The summed E-state index contributed by atoms with van der Waals surface area (Å²) in [6.45, 7) is -1.24. The zero-order chi connectivity index (χ0) is 22.1. The maximum atomic E-state index is 12.0. The summed E-state index contributed by atoms with van der Waals surface area (Å²) in [6.07, 6.45) is 1.92. The van der Waals surface area contributed by atoms with Crippen molar-refractivity contribution in [3.63, 3.8) is 0 Å². The molecule has 0 aliphatic rings. The lowest BCUT2D eigenvalue weighted by Gasteiger charge is -2.08. The van der Waals surface area contributed by atoms with Crippen molar-refractivity contribution < 1.29 is 23.9 Å². The highest BCUT2D eigenvalue weighted by atomic mass is 35.5. The fourth-order valence-corrected chi connectivity index (χ4v) is 3.12. The Bertz CT molecular complexity index is 951. The van der Waals surface area contributed by atoms with E-state index in [2.05, 4.69) is 10.6 Å². The zero-order valence-corrected chi connectivity index (χ0v) is 18.2. The minimum absolute atomic E-state index is 0.150. The molecule has 0 aromatic heterocycles. The van der Waals surface area contributed by atoms with Crippen molar-refractivity contribution in [2.24, 2.45) is 0 Å². The van der Waals surface area contributed by atoms with Gasteiger partial charge in [0.1, 0.15) is 6.54 Å². The molecule has 0 saturated carbocycles. The largest absolute Gasteiger partial charge is 0.456 e. The van der Waals surface area contributed by atoms with Crippen LogP contribution in [0.2, 0.25) is 10.0 Å². The minimum atomic E-state index is -0.774. The lowest BCUT2D eigenvalue weighted by atomic mass is 10.1. The third kappa shape index (κ3) is 7.37. The highest BCUT2D eigenvalue weighted by Gasteiger charge is 2.14. The van der Waals surface area contributed by atoms with Crippen LogP contribution < -0.4 is 10.6 Å². The topological polar surface area (TPSA) is 102 Å². The summed E-state index contributed by atoms with van der Waals surface area (Å²) in [6, 6.07) is 11.2. The highest BCUT2D eigenvalue weighted by Crippen LogP contribution is 2.20. The standard InChI is InChI=1S/C20H18Cl2N2O5S/c1-30-14-5-2-12(3-6-14)17(25)11-29-19(27)10-23-18(26)9-24-20(28)15-7-4-13(21)8-16(15)22/h2-8H,9-11H2,1H3,(H,23,26)(H,24,28). The number of amides is 2. The Morgan fingerprint density at radius 2 is 1.67 bits per heavy atom. The molecule has 0 fully saturated rings. The number of rotatable bonds is 9. The van der Waals surface area contributed by atoms with E-state index in [0.29, 0.717) is 10.6 Å². The molecular weight excluding hydrogens is 451 g/mol. The number of nitrogens with one attached hydrogen (secondary N) is 2. The van der Waals surface area contributed by atoms with Crippen LogP contribution in [0.15, 0.2) is 47.4 Å². The number of hydrogen-bond acceptors (Lipinski definition) is 6. The summed E-state index contributed by atoms with van der Waals surface area (Å²) in [5, 5.41) is 5.20. The summed E-state index contributed by atoms with van der Waals surface area (Å²) in [5.74, 6) is -2.30. The van der Waals surface area contributed by atoms with E-state index < -0.39 is 30.9 Å². The minimum Gasteiger partial charge on any atom is -0.456 e. The Morgan fingerprint density at radius 1 is 0.967 bits per heavy atom. The second kappa shape index (κ2) is 11.6. The van der Waals surface area contributed by atoms with Crippen molar-refractivity contribution >= 4 is 58.5 Å². The van der Waals surface area contributed by atoms with Gasteiger partial charge in [-0.1, -0.05) is 35.3 Å². The van der Waals surface area contributed by atoms with Crippen LogP contribution >= 0.6 is 35.0 Å². The Labute approximate surface area is 187 Å². The van der Waals surface area contributed by atoms with E-state index in [1.54, 1.807) is 36.0 Å². The van der Waals surface area contributed by atoms with Gasteiger partial charge in [0, 0.05) is 15.5 Å². The summed E-state index contributed by atoms with van der Waals surface area (Å²) in [7, 11) is 0. The van der Waals surface area contributed by atoms with Gasteiger partial charge in [-0.25, -0.2) is 0 Å². The van der Waals surface area contributed by atoms with Gasteiger partial charge in [0.25, 0.3) is 5.91 Å². The molecule has 0 atom stereocenters. The van der Waals surface area contributed by atoms with E-state index >= 15 is 0 Å². The van der Waals surface area contributed by atoms with Gasteiger partial charge in [-0.3, -0.25) is 19.2 Å². The molecule has 0 saturated heterocycles. The number of esters is 1. The van der Waals surface area contributed by atoms with Gasteiger partial charge in [-0.2, -0.15) is 0 Å². The first-order valence-electron chi connectivity index (χ1n) is 8.63. The summed E-state index contributed by atoms with van der Waals surface area (Å²) in [4.78, 5) is 48.5. The Hall–Kier alpha value is -2.55. The number of ether oxygens (including phenoxy) is 1. The fraction of sp³-hybridized carbons (Fsp3) is 0.200.